The first kappa shape index (κ1) is 25.5. The Hall–Kier alpha value is -3.74. The summed E-state index contributed by atoms with van der Waals surface area (Å²) in [5, 5.41) is 8.43. The number of aromatic nitrogens is 3. The van der Waals surface area contributed by atoms with Gasteiger partial charge in [0.15, 0.2) is 0 Å². The van der Waals surface area contributed by atoms with E-state index in [0.717, 1.165) is 78.5 Å². The molecule has 2 saturated carbocycles. The lowest BCUT2D eigenvalue weighted by atomic mass is 9.78. The number of amides is 2. The molecule has 6 rings (SSSR count). The molecule has 0 radical (unpaired) electrons. The SMILES string of the molecule is CC1CCC(NC(=O)n2ccc3c(CC4CCC(C(=O)Nc5cccc6cccnc56)CC4)ccnc32)CC1. The van der Waals surface area contributed by atoms with Gasteiger partial charge in [-0.25, -0.2) is 9.78 Å². The van der Waals surface area contributed by atoms with E-state index in [2.05, 4.69) is 33.6 Å². The molecule has 0 unspecified atom stereocenters. The number of carbonyl (C=O) groups is 2. The summed E-state index contributed by atoms with van der Waals surface area (Å²) >= 11 is 0. The van der Waals surface area contributed by atoms with Gasteiger partial charge in [-0.2, -0.15) is 0 Å². The zero-order chi connectivity index (χ0) is 26.8. The van der Waals surface area contributed by atoms with Crippen molar-refractivity contribution in [1.82, 2.24) is 19.9 Å². The molecule has 3 heterocycles. The van der Waals surface area contributed by atoms with E-state index in [1.807, 2.05) is 48.8 Å². The number of para-hydroxylation sites is 1. The number of fused-ring (bicyclic) bond motifs is 2. The first-order chi connectivity index (χ1) is 19.0. The molecule has 0 spiro atoms. The first-order valence-electron chi connectivity index (χ1n) is 14.5. The van der Waals surface area contributed by atoms with Crippen LogP contribution in [0.5, 0.6) is 0 Å². The third-order valence-corrected chi connectivity index (χ3v) is 8.86. The maximum Gasteiger partial charge on any atom is 0.327 e. The Morgan fingerprint density at radius 3 is 2.51 bits per heavy atom. The number of pyridine rings is 2. The minimum absolute atomic E-state index is 0.0187. The van der Waals surface area contributed by atoms with E-state index >= 15 is 0 Å². The van der Waals surface area contributed by atoms with Crippen LogP contribution in [0.2, 0.25) is 0 Å². The maximum atomic E-state index is 13.1. The fourth-order valence-electron chi connectivity index (χ4n) is 6.46. The number of anilines is 1. The molecule has 0 aliphatic heterocycles. The number of benzene rings is 1. The molecular formula is C32H37N5O2. The van der Waals surface area contributed by atoms with Crippen molar-refractivity contribution in [3.05, 3.63) is 66.6 Å². The lowest BCUT2D eigenvalue weighted by molar-refractivity contribution is -0.121. The van der Waals surface area contributed by atoms with E-state index in [0.29, 0.717) is 5.92 Å². The van der Waals surface area contributed by atoms with Gasteiger partial charge in [-0.3, -0.25) is 14.3 Å². The monoisotopic (exact) mass is 523 g/mol. The highest BCUT2D eigenvalue weighted by atomic mass is 16.2. The van der Waals surface area contributed by atoms with Gasteiger partial charge in [-0.1, -0.05) is 25.1 Å². The molecule has 2 amide bonds. The summed E-state index contributed by atoms with van der Waals surface area (Å²) < 4.78 is 1.67. The summed E-state index contributed by atoms with van der Waals surface area (Å²) in [7, 11) is 0. The molecule has 2 aliphatic rings. The predicted molar refractivity (Wildman–Crippen MR) is 155 cm³/mol. The van der Waals surface area contributed by atoms with Crippen molar-refractivity contribution in [1.29, 1.82) is 0 Å². The highest BCUT2D eigenvalue weighted by molar-refractivity contribution is 6.01. The van der Waals surface area contributed by atoms with E-state index < -0.39 is 0 Å². The third kappa shape index (κ3) is 5.54. The molecule has 0 bridgehead atoms. The Kier molecular flexibility index (Phi) is 7.31. The minimum Gasteiger partial charge on any atom is -0.335 e. The van der Waals surface area contributed by atoms with Crippen LogP contribution in [0.3, 0.4) is 0 Å². The average molecular weight is 524 g/mol. The number of carbonyl (C=O) groups excluding carboxylic acids is 2. The van der Waals surface area contributed by atoms with Crippen LogP contribution in [0.25, 0.3) is 21.9 Å². The number of nitrogens with one attached hydrogen (secondary N) is 2. The van der Waals surface area contributed by atoms with Crippen LogP contribution in [-0.4, -0.2) is 32.5 Å². The Morgan fingerprint density at radius 2 is 1.69 bits per heavy atom. The minimum atomic E-state index is -0.0814. The van der Waals surface area contributed by atoms with Gasteiger partial charge < -0.3 is 10.6 Å². The number of rotatable bonds is 5. The highest BCUT2D eigenvalue weighted by Crippen LogP contribution is 2.34. The molecule has 39 heavy (non-hydrogen) atoms. The predicted octanol–water partition coefficient (Wildman–Crippen LogP) is 6.71. The van der Waals surface area contributed by atoms with Crippen LogP contribution in [0.1, 0.15) is 63.9 Å². The summed E-state index contributed by atoms with van der Waals surface area (Å²) in [4.78, 5) is 35.2. The van der Waals surface area contributed by atoms with Crippen LogP contribution in [0.4, 0.5) is 10.5 Å². The Balaban J connectivity index is 1.07. The Bertz CT molecular complexity index is 1470. The molecule has 4 aromatic rings. The second-order valence-electron chi connectivity index (χ2n) is 11.6. The van der Waals surface area contributed by atoms with Gasteiger partial charge in [0.1, 0.15) is 5.65 Å². The topological polar surface area (TPSA) is 88.9 Å². The van der Waals surface area contributed by atoms with E-state index in [1.165, 1.54) is 18.4 Å². The number of hydrogen-bond acceptors (Lipinski definition) is 4. The summed E-state index contributed by atoms with van der Waals surface area (Å²) in [6.45, 7) is 2.29. The molecule has 0 atom stereocenters. The van der Waals surface area contributed by atoms with E-state index in [4.69, 9.17) is 0 Å². The number of nitrogens with zero attached hydrogens (tertiary/aromatic N) is 3. The fraction of sp³-hybridized carbons (Fsp3) is 0.438. The lowest BCUT2D eigenvalue weighted by Crippen LogP contribution is -2.39. The third-order valence-electron chi connectivity index (χ3n) is 8.86. The van der Waals surface area contributed by atoms with Crippen LogP contribution in [0, 0.1) is 17.8 Å². The van der Waals surface area contributed by atoms with Crippen molar-refractivity contribution >= 4 is 39.6 Å². The van der Waals surface area contributed by atoms with Gasteiger partial charge >= 0.3 is 6.03 Å². The average Bonchev–Trinajstić information content (AvgIpc) is 3.40. The summed E-state index contributed by atoms with van der Waals surface area (Å²) in [5.41, 5.74) is 3.57. The molecule has 3 aromatic heterocycles. The van der Waals surface area contributed by atoms with Crippen LogP contribution >= 0.6 is 0 Å². The fourth-order valence-corrected chi connectivity index (χ4v) is 6.46. The Morgan fingerprint density at radius 1 is 0.897 bits per heavy atom. The summed E-state index contributed by atoms with van der Waals surface area (Å²) in [6, 6.07) is 14.1. The summed E-state index contributed by atoms with van der Waals surface area (Å²) in [6.07, 6.45) is 14.6. The molecule has 202 valence electrons. The van der Waals surface area contributed by atoms with Gasteiger partial charge in [0.25, 0.3) is 0 Å². The van der Waals surface area contributed by atoms with Crippen molar-refractivity contribution in [2.45, 2.75) is 70.8 Å². The molecule has 2 fully saturated rings. The molecule has 0 saturated heterocycles. The molecule has 2 aliphatic carbocycles. The van der Waals surface area contributed by atoms with Gasteiger partial charge in [-0.05, 0) is 99.5 Å². The molecular weight excluding hydrogens is 486 g/mol. The van der Waals surface area contributed by atoms with Crippen LogP contribution in [0.15, 0.2) is 61.1 Å². The Labute approximate surface area is 229 Å². The van der Waals surface area contributed by atoms with E-state index in [9.17, 15) is 9.59 Å². The zero-order valence-corrected chi connectivity index (χ0v) is 22.6. The number of hydrogen-bond donors (Lipinski definition) is 2. The normalized spacial score (nSPS) is 23.5. The molecule has 1 aromatic carbocycles. The van der Waals surface area contributed by atoms with Crippen molar-refractivity contribution in [3.8, 4) is 0 Å². The molecule has 2 N–H and O–H groups in total. The quantitative estimate of drug-likeness (QED) is 0.304. The van der Waals surface area contributed by atoms with Gasteiger partial charge in [0.05, 0.1) is 11.2 Å². The first-order valence-corrected chi connectivity index (χ1v) is 14.5. The van der Waals surface area contributed by atoms with Crippen molar-refractivity contribution in [3.63, 3.8) is 0 Å². The second kappa shape index (κ2) is 11.2. The van der Waals surface area contributed by atoms with Crippen molar-refractivity contribution in [2.75, 3.05) is 5.32 Å². The van der Waals surface area contributed by atoms with Gasteiger partial charge in [-0.15, -0.1) is 0 Å². The van der Waals surface area contributed by atoms with Gasteiger partial charge in [0, 0.05) is 41.3 Å². The summed E-state index contributed by atoms with van der Waals surface area (Å²) in [5.74, 6) is 1.37. The molecule has 7 nitrogen and oxygen atoms in total. The lowest BCUT2D eigenvalue weighted by Gasteiger charge is -2.28. The zero-order valence-electron chi connectivity index (χ0n) is 22.6. The smallest absolute Gasteiger partial charge is 0.327 e. The maximum absolute atomic E-state index is 13.1. The van der Waals surface area contributed by atoms with E-state index in [1.54, 1.807) is 10.8 Å². The largest absolute Gasteiger partial charge is 0.335 e. The second-order valence-corrected chi connectivity index (χ2v) is 11.6. The van der Waals surface area contributed by atoms with Crippen LogP contribution in [-0.2, 0) is 11.2 Å². The standard InChI is InChI=1S/C32H37N5O2/c1-21-7-13-26(14-8-21)35-32(39)37-19-16-27-25(15-18-34-30(27)37)20-22-9-11-24(12-10-22)31(38)36-28-6-2-4-23-5-3-17-33-29(23)28/h2-6,15-19,21-22,24,26H,7-14,20H2,1H3,(H,35,39)(H,36,38). The molecule has 7 heteroatoms. The van der Waals surface area contributed by atoms with E-state index in [-0.39, 0.29) is 23.9 Å². The highest BCUT2D eigenvalue weighted by Gasteiger charge is 2.28. The van der Waals surface area contributed by atoms with Crippen LogP contribution < -0.4 is 10.6 Å². The van der Waals surface area contributed by atoms with Crippen molar-refractivity contribution < 1.29 is 9.59 Å². The van der Waals surface area contributed by atoms with Gasteiger partial charge in [0.2, 0.25) is 5.91 Å². The van der Waals surface area contributed by atoms with Crippen molar-refractivity contribution in [2.24, 2.45) is 17.8 Å².